The van der Waals surface area contributed by atoms with Gasteiger partial charge in [0.25, 0.3) is 5.91 Å². The molecule has 1 aromatic carbocycles. The van der Waals surface area contributed by atoms with Crippen LogP contribution in [0.4, 0.5) is 4.39 Å². The quantitative estimate of drug-likeness (QED) is 0.683. The second-order valence-corrected chi connectivity index (χ2v) is 7.31. The van der Waals surface area contributed by atoms with E-state index in [1.54, 1.807) is 23.9 Å². The van der Waals surface area contributed by atoms with Crippen molar-refractivity contribution in [2.75, 3.05) is 45.1 Å². The van der Waals surface area contributed by atoms with Gasteiger partial charge in [-0.25, -0.2) is 4.39 Å². The summed E-state index contributed by atoms with van der Waals surface area (Å²) in [5.41, 5.74) is 0.0508. The number of amides is 1. The number of halogens is 1. The largest absolute Gasteiger partial charge is 0.379 e. The summed E-state index contributed by atoms with van der Waals surface area (Å²) in [5, 5.41) is 12.0. The van der Waals surface area contributed by atoms with E-state index in [9.17, 15) is 9.18 Å². The van der Waals surface area contributed by atoms with E-state index in [0.717, 1.165) is 49.6 Å². The van der Waals surface area contributed by atoms with E-state index in [2.05, 4.69) is 20.4 Å². The molecule has 2 heterocycles. The standard InChI is InChI=1S/C18H24FN5O2S/c1-23-16(6-7-20-17(25)14-4-2-3-5-15(14)19)21-22-18(23)27-13-10-24-8-11-26-12-9-24/h2-5H,6-13H2,1H3,(H,20,25). The molecule has 1 aliphatic rings. The van der Waals surface area contributed by atoms with Crippen LogP contribution in [-0.2, 0) is 18.2 Å². The van der Waals surface area contributed by atoms with Crippen LogP contribution in [0.3, 0.4) is 0 Å². The highest BCUT2D eigenvalue weighted by atomic mass is 32.2. The van der Waals surface area contributed by atoms with E-state index in [0.29, 0.717) is 13.0 Å². The van der Waals surface area contributed by atoms with E-state index in [-0.39, 0.29) is 5.56 Å². The zero-order chi connectivity index (χ0) is 19.1. The Bertz CT molecular complexity index is 764. The monoisotopic (exact) mass is 393 g/mol. The van der Waals surface area contributed by atoms with Gasteiger partial charge in [0.2, 0.25) is 0 Å². The minimum absolute atomic E-state index is 0.0508. The lowest BCUT2D eigenvalue weighted by molar-refractivity contribution is 0.0410. The molecular formula is C18H24FN5O2S. The number of thioether (sulfide) groups is 1. The summed E-state index contributed by atoms with van der Waals surface area (Å²) in [6, 6.07) is 5.94. The van der Waals surface area contributed by atoms with Gasteiger partial charge >= 0.3 is 0 Å². The Balaban J connectivity index is 1.43. The summed E-state index contributed by atoms with van der Waals surface area (Å²) in [6.07, 6.45) is 0.535. The second-order valence-electron chi connectivity index (χ2n) is 6.25. The molecule has 0 bridgehead atoms. The summed E-state index contributed by atoms with van der Waals surface area (Å²) < 4.78 is 20.9. The Hall–Kier alpha value is -1.97. The molecule has 0 atom stereocenters. The number of nitrogens with zero attached hydrogens (tertiary/aromatic N) is 4. The van der Waals surface area contributed by atoms with Crippen LogP contribution in [-0.4, -0.2) is 70.7 Å². The molecule has 1 saturated heterocycles. The van der Waals surface area contributed by atoms with E-state index in [1.165, 1.54) is 12.1 Å². The maximum absolute atomic E-state index is 13.6. The number of nitrogens with one attached hydrogen (secondary N) is 1. The van der Waals surface area contributed by atoms with Crippen LogP contribution in [0.25, 0.3) is 0 Å². The van der Waals surface area contributed by atoms with Crippen molar-refractivity contribution in [3.8, 4) is 0 Å². The van der Waals surface area contributed by atoms with Crippen LogP contribution >= 0.6 is 11.8 Å². The van der Waals surface area contributed by atoms with Gasteiger partial charge in [-0.2, -0.15) is 0 Å². The zero-order valence-electron chi connectivity index (χ0n) is 15.4. The van der Waals surface area contributed by atoms with Crippen LogP contribution in [0, 0.1) is 5.82 Å². The van der Waals surface area contributed by atoms with Crippen molar-refractivity contribution in [2.45, 2.75) is 11.6 Å². The molecule has 0 saturated carbocycles. The molecule has 9 heteroatoms. The number of carbonyl (C=O) groups is 1. The van der Waals surface area contributed by atoms with Crippen molar-refractivity contribution in [3.05, 3.63) is 41.5 Å². The van der Waals surface area contributed by atoms with Gasteiger partial charge in [0.1, 0.15) is 11.6 Å². The first-order valence-corrected chi connectivity index (χ1v) is 9.97. The van der Waals surface area contributed by atoms with Crippen molar-refractivity contribution in [1.29, 1.82) is 0 Å². The van der Waals surface area contributed by atoms with Crippen molar-refractivity contribution in [3.63, 3.8) is 0 Å². The van der Waals surface area contributed by atoms with Gasteiger partial charge in [0.15, 0.2) is 5.16 Å². The van der Waals surface area contributed by atoms with Crippen LogP contribution < -0.4 is 5.32 Å². The average Bonchev–Trinajstić information content (AvgIpc) is 3.03. The highest BCUT2D eigenvalue weighted by Crippen LogP contribution is 2.16. The van der Waals surface area contributed by atoms with Gasteiger partial charge < -0.3 is 14.6 Å². The summed E-state index contributed by atoms with van der Waals surface area (Å²) in [4.78, 5) is 14.4. The third-order valence-electron chi connectivity index (χ3n) is 4.42. The third-order valence-corrected chi connectivity index (χ3v) is 5.42. The number of hydrogen-bond acceptors (Lipinski definition) is 6. The molecule has 1 aliphatic heterocycles. The fourth-order valence-corrected chi connectivity index (χ4v) is 3.74. The highest BCUT2D eigenvalue weighted by Gasteiger charge is 2.14. The third kappa shape index (κ3) is 5.50. The molecule has 0 spiro atoms. The number of benzene rings is 1. The van der Waals surface area contributed by atoms with E-state index in [4.69, 9.17) is 4.74 Å². The summed E-state index contributed by atoms with van der Waals surface area (Å²) >= 11 is 1.67. The number of ether oxygens (including phenoxy) is 1. The predicted molar refractivity (Wildman–Crippen MR) is 101 cm³/mol. The zero-order valence-corrected chi connectivity index (χ0v) is 16.2. The van der Waals surface area contributed by atoms with E-state index >= 15 is 0 Å². The molecule has 0 radical (unpaired) electrons. The summed E-state index contributed by atoms with van der Waals surface area (Å²) in [7, 11) is 1.92. The average molecular weight is 393 g/mol. The molecule has 2 aromatic rings. The molecule has 27 heavy (non-hydrogen) atoms. The maximum Gasteiger partial charge on any atom is 0.254 e. The fraction of sp³-hybridized carbons (Fsp3) is 0.500. The summed E-state index contributed by atoms with van der Waals surface area (Å²) in [6.45, 7) is 4.93. The highest BCUT2D eigenvalue weighted by molar-refractivity contribution is 7.99. The van der Waals surface area contributed by atoms with E-state index in [1.807, 2.05) is 11.6 Å². The molecule has 7 nitrogen and oxygen atoms in total. The van der Waals surface area contributed by atoms with Crippen molar-refractivity contribution < 1.29 is 13.9 Å². The number of hydrogen-bond donors (Lipinski definition) is 1. The number of morpholine rings is 1. The first-order chi connectivity index (χ1) is 13.1. The lowest BCUT2D eigenvalue weighted by atomic mass is 10.2. The Morgan fingerprint density at radius 3 is 2.85 bits per heavy atom. The van der Waals surface area contributed by atoms with Gasteiger partial charge in [0, 0.05) is 45.4 Å². The first kappa shape index (κ1) is 19.8. The molecule has 1 aromatic heterocycles. The van der Waals surface area contributed by atoms with Crippen LogP contribution in [0.5, 0.6) is 0 Å². The van der Waals surface area contributed by atoms with Crippen LogP contribution in [0.1, 0.15) is 16.2 Å². The fourth-order valence-electron chi connectivity index (χ4n) is 2.81. The lowest BCUT2D eigenvalue weighted by Crippen LogP contribution is -2.37. The summed E-state index contributed by atoms with van der Waals surface area (Å²) in [5.74, 6) is 0.788. The molecule has 146 valence electrons. The van der Waals surface area contributed by atoms with Crippen molar-refractivity contribution >= 4 is 17.7 Å². The van der Waals surface area contributed by atoms with Gasteiger partial charge in [-0.3, -0.25) is 9.69 Å². The lowest BCUT2D eigenvalue weighted by Gasteiger charge is -2.26. The Morgan fingerprint density at radius 2 is 2.07 bits per heavy atom. The molecule has 0 unspecified atom stereocenters. The number of aromatic nitrogens is 3. The van der Waals surface area contributed by atoms with Crippen molar-refractivity contribution in [2.24, 2.45) is 7.05 Å². The normalized spacial score (nSPS) is 15.0. The van der Waals surface area contributed by atoms with E-state index < -0.39 is 11.7 Å². The minimum atomic E-state index is -0.521. The smallest absolute Gasteiger partial charge is 0.254 e. The molecule has 1 amide bonds. The maximum atomic E-state index is 13.6. The molecule has 0 aliphatic carbocycles. The van der Waals surface area contributed by atoms with Gasteiger partial charge in [0.05, 0.1) is 18.8 Å². The molecule has 1 N–H and O–H groups in total. The van der Waals surface area contributed by atoms with Gasteiger partial charge in [-0.15, -0.1) is 10.2 Å². The second kappa shape index (κ2) is 9.82. The number of rotatable bonds is 8. The minimum Gasteiger partial charge on any atom is -0.379 e. The molecule has 1 fully saturated rings. The molecule has 3 rings (SSSR count). The molecular weight excluding hydrogens is 369 g/mol. The predicted octanol–water partition coefficient (Wildman–Crippen LogP) is 1.35. The topological polar surface area (TPSA) is 72.3 Å². The van der Waals surface area contributed by atoms with Crippen LogP contribution in [0.2, 0.25) is 0 Å². The Labute approximate surface area is 162 Å². The van der Waals surface area contributed by atoms with Gasteiger partial charge in [-0.05, 0) is 12.1 Å². The van der Waals surface area contributed by atoms with Crippen molar-refractivity contribution in [1.82, 2.24) is 25.0 Å². The Kier molecular flexibility index (Phi) is 7.19. The SMILES string of the molecule is Cn1c(CCNC(=O)c2ccccc2F)nnc1SCCN1CCOCC1. The Morgan fingerprint density at radius 1 is 1.30 bits per heavy atom. The van der Waals surface area contributed by atoms with Crippen LogP contribution in [0.15, 0.2) is 29.4 Å². The number of carbonyl (C=O) groups excluding carboxylic acids is 1. The first-order valence-electron chi connectivity index (χ1n) is 8.99. The van der Waals surface area contributed by atoms with Gasteiger partial charge in [-0.1, -0.05) is 23.9 Å².